The van der Waals surface area contributed by atoms with Crippen molar-refractivity contribution in [2.45, 2.75) is 6.54 Å². The molecule has 0 atom stereocenters. The van der Waals surface area contributed by atoms with Crippen molar-refractivity contribution in [1.29, 1.82) is 0 Å². The van der Waals surface area contributed by atoms with Gasteiger partial charge in [0.05, 0.1) is 18.8 Å². The Labute approximate surface area is 110 Å². The Kier molecular flexibility index (Phi) is 2.91. The van der Waals surface area contributed by atoms with Gasteiger partial charge in [-0.1, -0.05) is 6.07 Å². The fourth-order valence-electron chi connectivity index (χ4n) is 2.25. The first-order chi connectivity index (χ1) is 9.28. The normalized spacial score (nSPS) is 10.8. The van der Waals surface area contributed by atoms with E-state index < -0.39 is 0 Å². The number of halogens is 1. The summed E-state index contributed by atoms with van der Waals surface area (Å²) in [5.74, 6) is 0.528. The second-order valence-corrected chi connectivity index (χ2v) is 4.35. The molecule has 0 unspecified atom stereocenters. The maximum atomic E-state index is 13.1. The zero-order valence-corrected chi connectivity index (χ0v) is 10.5. The van der Waals surface area contributed by atoms with Crippen molar-refractivity contribution in [3.8, 4) is 5.75 Å². The van der Waals surface area contributed by atoms with Crippen LogP contribution in [0.3, 0.4) is 0 Å². The third-order valence-corrected chi connectivity index (χ3v) is 3.11. The molecule has 0 radical (unpaired) electrons. The Balaban J connectivity index is 2.02. The van der Waals surface area contributed by atoms with E-state index in [0.717, 1.165) is 22.2 Å². The van der Waals surface area contributed by atoms with Gasteiger partial charge in [0.2, 0.25) is 0 Å². The number of nitrogens with zero attached hydrogens (tertiary/aromatic N) is 2. The van der Waals surface area contributed by atoms with Gasteiger partial charge >= 0.3 is 0 Å². The van der Waals surface area contributed by atoms with Gasteiger partial charge < -0.3 is 9.30 Å². The molecular formula is C15H13FN2O. The molecular weight excluding hydrogens is 243 g/mol. The molecule has 3 nitrogen and oxygen atoms in total. The lowest BCUT2D eigenvalue weighted by Gasteiger charge is -2.07. The van der Waals surface area contributed by atoms with Crippen LogP contribution in [0.2, 0.25) is 0 Å². The minimum absolute atomic E-state index is 0.313. The highest BCUT2D eigenvalue weighted by Crippen LogP contribution is 2.26. The minimum Gasteiger partial charge on any atom is -0.496 e. The highest BCUT2D eigenvalue weighted by atomic mass is 19.1. The SMILES string of the molecule is COc1cccc2c1ccn2Cc1cncc(F)c1. The average molecular weight is 256 g/mol. The second kappa shape index (κ2) is 4.72. The number of benzene rings is 1. The van der Waals surface area contributed by atoms with E-state index in [1.807, 2.05) is 35.0 Å². The van der Waals surface area contributed by atoms with Crippen LogP contribution < -0.4 is 4.74 Å². The Bertz CT molecular complexity index is 721. The van der Waals surface area contributed by atoms with Crippen molar-refractivity contribution in [1.82, 2.24) is 9.55 Å². The Morgan fingerprint density at radius 2 is 2.16 bits per heavy atom. The molecule has 0 fully saturated rings. The van der Waals surface area contributed by atoms with Crippen LogP contribution in [0.4, 0.5) is 4.39 Å². The molecule has 0 aliphatic rings. The van der Waals surface area contributed by atoms with Crippen molar-refractivity contribution < 1.29 is 9.13 Å². The number of hydrogen-bond donors (Lipinski definition) is 0. The van der Waals surface area contributed by atoms with E-state index in [9.17, 15) is 4.39 Å². The topological polar surface area (TPSA) is 27.1 Å². The van der Waals surface area contributed by atoms with Crippen LogP contribution in [0.1, 0.15) is 5.56 Å². The third kappa shape index (κ3) is 2.17. The van der Waals surface area contributed by atoms with Gasteiger partial charge in [-0.3, -0.25) is 4.98 Å². The number of pyridine rings is 1. The van der Waals surface area contributed by atoms with Gasteiger partial charge in [-0.05, 0) is 29.8 Å². The maximum Gasteiger partial charge on any atom is 0.141 e. The zero-order chi connectivity index (χ0) is 13.2. The van der Waals surface area contributed by atoms with Crippen LogP contribution in [0.15, 0.2) is 48.9 Å². The van der Waals surface area contributed by atoms with Crippen molar-refractivity contribution >= 4 is 10.9 Å². The van der Waals surface area contributed by atoms with Crippen molar-refractivity contribution in [2.75, 3.05) is 7.11 Å². The number of rotatable bonds is 3. The molecule has 3 rings (SSSR count). The van der Waals surface area contributed by atoms with E-state index in [0.29, 0.717) is 6.54 Å². The van der Waals surface area contributed by atoms with E-state index in [1.54, 1.807) is 13.3 Å². The standard InChI is InChI=1S/C15H13FN2O/c1-19-15-4-2-3-14-13(15)5-6-18(14)10-11-7-12(16)9-17-8-11/h2-9H,10H2,1H3. The van der Waals surface area contributed by atoms with Crippen LogP contribution in [-0.4, -0.2) is 16.7 Å². The number of methoxy groups -OCH3 is 1. The number of hydrogen-bond acceptors (Lipinski definition) is 2. The summed E-state index contributed by atoms with van der Waals surface area (Å²) in [7, 11) is 1.66. The van der Waals surface area contributed by atoms with E-state index in [4.69, 9.17) is 4.74 Å². The largest absolute Gasteiger partial charge is 0.496 e. The smallest absolute Gasteiger partial charge is 0.141 e. The summed E-state index contributed by atoms with van der Waals surface area (Å²) < 4.78 is 20.5. The van der Waals surface area contributed by atoms with Gasteiger partial charge in [0.15, 0.2) is 0 Å². The van der Waals surface area contributed by atoms with Crippen molar-refractivity contribution in [3.05, 3.63) is 60.3 Å². The van der Waals surface area contributed by atoms with Crippen molar-refractivity contribution in [3.63, 3.8) is 0 Å². The maximum absolute atomic E-state index is 13.1. The molecule has 0 spiro atoms. The molecule has 0 amide bonds. The molecule has 4 heteroatoms. The molecule has 2 heterocycles. The lowest BCUT2D eigenvalue weighted by Crippen LogP contribution is -1.99. The Morgan fingerprint density at radius 1 is 1.26 bits per heavy atom. The fraction of sp³-hybridized carbons (Fsp3) is 0.133. The summed E-state index contributed by atoms with van der Waals surface area (Å²) in [6.07, 6.45) is 4.85. The summed E-state index contributed by atoms with van der Waals surface area (Å²) in [6, 6.07) is 9.39. The van der Waals surface area contributed by atoms with Gasteiger partial charge in [0.25, 0.3) is 0 Å². The number of fused-ring (bicyclic) bond motifs is 1. The molecule has 2 aromatic heterocycles. The monoisotopic (exact) mass is 256 g/mol. The molecule has 0 bridgehead atoms. The molecule has 19 heavy (non-hydrogen) atoms. The number of ether oxygens (including phenoxy) is 1. The highest BCUT2D eigenvalue weighted by molar-refractivity contribution is 5.86. The van der Waals surface area contributed by atoms with Crippen LogP contribution in [0.25, 0.3) is 10.9 Å². The average Bonchev–Trinajstić information content (AvgIpc) is 2.82. The van der Waals surface area contributed by atoms with Crippen LogP contribution in [0.5, 0.6) is 5.75 Å². The fourth-order valence-corrected chi connectivity index (χ4v) is 2.25. The van der Waals surface area contributed by atoms with Crippen molar-refractivity contribution in [2.24, 2.45) is 0 Å². The molecule has 3 aromatic rings. The zero-order valence-electron chi connectivity index (χ0n) is 10.5. The first-order valence-corrected chi connectivity index (χ1v) is 5.99. The van der Waals surface area contributed by atoms with E-state index in [1.165, 1.54) is 12.3 Å². The summed E-state index contributed by atoms with van der Waals surface area (Å²) in [6.45, 7) is 0.585. The molecule has 96 valence electrons. The summed E-state index contributed by atoms with van der Waals surface area (Å²) in [5.41, 5.74) is 1.89. The predicted octanol–water partition coefficient (Wildman–Crippen LogP) is 3.23. The van der Waals surface area contributed by atoms with E-state index >= 15 is 0 Å². The van der Waals surface area contributed by atoms with Crippen LogP contribution in [-0.2, 0) is 6.54 Å². The Hall–Kier alpha value is -2.36. The third-order valence-electron chi connectivity index (χ3n) is 3.11. The second-order valence-electron chi connectivity index (χ2n) is 4.35. The molecule has 0 aliphatic carbocycles. The summed E-state index contributed by atoms with van der Waals surface area (Å²) in [4.78, 5) is 3.87. The van der Waals surface area contributed by atoms with Gasteiger partial charge in [0.1, 0.15) is 11.6 Å². The first-order valence-electron chi connectivity index (χ1n) is 5.99. The van der Waals surface area contributed by atoms with Gasteiger partial charge in [-0.25, -0.2) is 4.39 Å². The quantitative estimate of drug-likeness (QED) is 0.719. The molecule has 1 aromatic carbocycles. The van der Waals surface area contributed by atoms with Crippen LogP contribution in [0, 0.1) is 5.82 Å². The van der Waals surface area contributed by atoms with Gasteiger partial charge in [0, 0.05) is 24.3 Å². The predicted molar refractivity (Wildman–Crippen MR) is 71.8 cm³/mol. The summed E-state index contributed by atoms with van der Waals surface area (Å²) in [5, 5.41) is 1.05. The van der Waals surface area contributed by atoms with E-state index in [-0.39, 0.29) is 5.82 Å². The van der Waals surface area contributed by atoms with E-state index in [2.05, 4.69) is 4.98 Å². The summed E-state index contributed by atoms with van der Waals surface area (Å²) >= 11 is 0. The van der Waals surface area contributed by atoms with Crippen LogP contribution >= 0.6 is 0 Å². The first kappa shape index (κ1) is 11.7. The molecule has 0 aliphatic heterocycles. The highest BCUT2D eigenvalue weighted by Gasteiger charge is 2.06. The molecule has 0 saturated carbocycles. The van der Waals surface area contributed by atoms with Gasteiger partial charge in [-0.2, -0.15) is 0 Å². The Morgan fingerprint density at radius 3 is 2.95 bits per heavy atom. The number of aromatic nitrogens is 2. The molecule has 0 saturated heterocycles. The lowest BCUT2D eigenvalue weighted by atomic mass is 10.2. The molecule has 0 N–H and O–H groups in total. The van der Waals surface area contributed by atoms with Gasteiger partial charge in [-0.15, -0.1) is 0 Å². The lowest BCUT2D eigenvalue weighted by molar-refractivity contribution is 0.420. The minimum atomic E-state index is -0.313.